The summed E-state index contributed by atoms with van der Waals surface area (Å²) in [5, 5.41) is 0.0648. The third-order valence-corrected chi connectivity index (χ3v) is 3.44. The Morgan fingerprint density at radius 1 is 1.39 bits per heavy atom. The molecule has 0 saturated heterocycles. The average molecular weight is 276 g/mol. The summed E-state index contributed by atoms with van der Waals surface area (Å²) in [5.74, 6) is -2.46. The fourth-order valence-electron chi connectivity index (χ4n) is 2.34. The summed E-state index contributed by atoms with van der Waals surface area (Å²) in [7, 11) is 6.35. The van der Waals surface area contributed by atoms with Crippen molar-refractivity contribution in [2.45, 2.75) is 19.1 Å². The summed E-state index contributed by atoms with van der Waals surface area (Å²) in [6.07, 6.45) is 0.0358. The average Bonchev–Trinajstić information content (AvgIpc) is 2.50. The molecule has 0 aliphatic heterocycles. The van der Waals surface area contributed by atoms with Gasteiger partial charge in [-0.05, 0) is 6.92 Å². The first-order chi connectivity index (χ1) is 8.31. The van der Waals surface area contributed by atoms with E-state index in [1.807, 2.05) is 0 Å². The van der Waals surface area contributed by atoms with Gasteiger partial charge in [0, 0.05) is 34.7 Å². The standard InChI is InChI=1S/C12H18ClNO4/c1-7(15)6-8-10(16)9(13)11(14(2)3)12(8,17-4)18-5/h8H,6H2,1-5H3. The zero-order valence-corrected chi connectivity index (χ0v) is 12.0. The number of ether oxygens (including phenoxy) is 2. The van der Waals surface area contributed by atoms with Crippen LogP contribution in [0.5, 0.6) is 0 Å². The molecule has 0 N–H and O–H groups in total. The van der Waals surface area contributed by atoms with Gasteiger partial charge in [-0.25, -0.2) is 0 Å². The van der Waals surface area contributed by atoms with Gasteiger partial charge in [-0.2, -0.15) is 0 Å². The second-order valence-corrected chi connectivity index (χ2v) is 4.83. The molecule has 1 aliphatic rings. The molecule has 0 spiro atoms. The third kappa shape index (κ3) is 2.18. The van der Waals surface area contributed by atoms with Gasteiger partial charge in [0.2, 0.25) is 5.79 Å². The van der Waals surface area contributed by atoms with E-state index in [4.69, 9.17) is 21.1 Å². The topological polar surface area (TPSA) is 55.8 Å². The highest BCUT2D eigenvalue weighted by atomic mass is 35.5. The zero-order valence-electron chi connectivity index (χ0n) is 11.2. The van der Waals surface area contributed by atoms with Crippen LogP contribution in [0.1, 0.15) is 13.3 Å². The lowest BCUT2D eigenvalue weighted by atomic mass is 9.93. The van der Waals surface area contributed by atoms with Gasteiger partial charge in [0.15, 0.2) is 5.78 Å². The molecule has 102 valence electrons. The van der Waals surface area contributed by atoms with E-state index in [0.29, 0.717) is 5.70 Å². The number of allylic oxidation sites excluding steroid dienone is 1. The van der Waals surface area contributed by atoms with Crippen LogP contribution >= 0.6 is 11.6 Å². The van der Waals surface area contributed by atoms with Crippen molar-refractivity contribution in [1.82, 2.24) is 4.90 Å². The Morgan fingerprint density at radius 3 is 2.22 bits per heavy atom. The van der Waals surface area contributed by atoms with E-state index >= 15 is 0 Å². The quantitative estimate of drug-likeness (QED) is 0.705. The van der Waals surface area contributed by atoms with Crippen molar-refractivity contribution < 1.29 is 19.1 Å². The molecule has 0 amide bonds. The number of nitrogens with zero attached hydrogens (tertiary/aromatic N) is 1. The SMILES string of the molecule is COC1(OC)C(N(C)C)=C(Cl)C(=O)C1CC(C)=O. The van der Waals surface area contributed by atoms with E-state index in [1.165, 1.54) is 21.1 Å². The number of methoxy groups -OCH3 is 2. The number of hydrogen-bond acceptors (Lipinski definition) is 5. The van der Waals surface area contributed by atoms with Crippen LogP contribution in [0.3, 0.4) is 0 Å². The number of Topliss-reactive ketones (excluding diaryl/α,β-unsaturated/α-hetero) is 2. The minimum absolute atomic E-state index is 0.0358. The lowest BCUT2D eigenvalue weighted by molar-refractivity contribution is -0.214. The first kappa shape index (κ1) is 15.1. The van der Waals surface area contributed by atoms with Gasteiger partial charge >= 0.3 is 0 Å². The van der Waals surface area contributed by atoms with Crippen LogP contribution in [-0.4, -0.2) is 50.6 Å². The highest BCUT2D eigenvalue weighted by Gasteiger charge is 2.56. The molecule has 0 aromatic carbocycles. The van der Waals surface area contributed by atoms with Crippen molar-refractivity contribution >= 4 is 23.2 Å². The van der Waals surface area contributed by atoms with Crippen LogP contribution in [0.4, 0.5) is 0 Å². The maximum atomic E-state index is 12.2. The third-order valence-electron chi connectivity index (χ3n) is 3.07. The molecule has 0 aromatic rings. The molecular weight excluding hydrogens is 258 g/mol. The number of carbonyl (C=O) groups excluding carboxylic acids is 2. The lowest BCUT2D eigenvalue weighted by Gasteiger charge is -2.36. The number of likely N-dealkylation sites (N-methyl/N-ethyl adjacent to an activating group) is 1. The first-order valence-corrected chi connectivity index (χ1v) is 5.91. The number of carbonyl (C=O) groups is 2. The van der Waals surface area contributed by atoms with Gasteiger partial charge in [-0.15, -0.1) is 0 Å². The fourth-order valence-corrected chi connectivity index (χ4v) is 2.78. The van der Waals surface area contributed by atoms with Crippen LogP contribution < -0.4 is 0 Å². The molecular formula is C12H18ClNO4. The second-order valence-electron chi connectivity index (χ2n) is 4.46. The van der Waals surface area contributed by atoms with Gasteiger partial charge in [-0.3, -0.25) is 4.79 Å². The predicted molar refractivity (Wildman–Crippen MR) is 67.1 cm³/mol. The van der Waals surface area contributed by atoms with E-state index in [0.717, 1.165) is 0 Å². The molecule has 0 aromatic heterocycles. The Labute approximate surface area is 112 Å². The van der Waals surface area contributed by atoms with Gasteiger partial charge < -0.3 is 19.2 Å². The molecule has 1 atom stereocenters. The van der Waals surface area contributed by atoms with Crippen LogP contribution in [-0.2, 0) is 19.1 Å². The van der Waals surface area contributed by atoms with Gasteiger partial charge in [0.05, 0.1) is 11.6 Å². The van der Waals surface area contributed by atoms with Crippen molar-refractivity contribution in [1.29, 1.82) is 0 Å². The van der Waals surface area contributed by atoms with E-state index < -0.39 is 11.7 Å². The Kier molecular flexibility index (Phi) is 4.53. The maximum Gasteiger partial charge on any atom is 0.221 e. The smallest absolute Gasteiger partial charge is 0.221 e. The van der Waals surface area contributed by atoms with Crippen LogP contribution in [0, 0.1) is 5.92 Å². The van der Waals surface area contributed by atoms with Crippen molar-refractivity contribution in [2.75, 3.05) is 28.3 Å². The van der Waals surface area contributed by atoms with Crippen molar-refractivity contribution in [3.8, 4) is 0 Å². The van der Waals surface area contributed by atoms with Crippen LogP contribution in [0.25, 0.3) is 0 Å². The second kappa shape index (κ2) is 5.38. The first-order valence-electron chi connectivity index (χ1n) is 5.53. The molecule has 0 saturated carbocycles. The van der Waals surface area contributed by atoms with E-state index in [1.54, 1.807) is 19.0 Å². The Morgan fingerprint density at radius 2 is 1.89 bits per heavy atom. The monoisotopic (exact) mass is 275 g/mol. The summed E-state index contributed by atoms with van der Waals surface area (Å²) in [6, 6.07) is 0. The molecule has 0 bridgehead atoms. The normalized spacial score (nSPS) is 22.6. The summed E-state index contributed by atoms with van der Waals surface area (Å²) < 4.78 is 10.8. The van der Waals surface area contributed by atoms with Crippen molar-refractivity contribution in [3.63, 3.8) is 0 Å². The molecule has 1 rings (SSSR count). The molecule has 5 nitrogen and oxygen atoms in total. The van der Waals surface area contributed by atoms with Crippen molar-refractivity contribution in [3.05, 3.63) is 10.7 Å². The number of ketones is 2. The van der Waals surface area contributed by atoms with Gasteiger partial charge in [0.25, 0.3) is 0 Å². The fraction of sp³-hybridized carbons (Fsp3) is 0.667. The molecule has 0 radical (unpaired) electrons. The predicted octanol–water partition coefficient (Wildman–Crippen LogP) is 1.17. The van der Waals surface area contributed by atoms with Gasteiger partial charge in [-0.1, -0.05) is 11.6 Å². The van der Waals surface area contributed by atoms with Crippen molar-refractivity contribution in [2.24, 2.45) is 5.92 Å². The number of halogens is 1. The van der Waals surface area contributed by atoms with E-state index in [-0.39, 0.29) is 23.0 Å². The zero-order chi connectivity index (χ0) is 14.1. The molecule has 1 unspecified atom stereocenters. The summed E-state index contributed by atoms with van der Waals surface area (Å²) in [4.78, 5) is 25.1. The summed E-state index contributed by atoms with van der Waals surface area (Å²) in [6.45, 7) is 1.42. The highest BCUT2D eigenvalue weighted by molar-refractivity contribution is 6.44. The molecule has 6 heteroatoms. The number of hydrogen-bond donors (Lipinski definition) is 0. The Bertz CT molecular complexity index is 399. The molecule has 1 aliphatic carbocycles. The van der Waals surface area contributed by atoms with Gasteiger partial charge in [0.1, 0.15) is 10.8 Å². The van der Waals surface area contributed by atoms with E-state index in [9.17, 15) is 9.59 Å². The lowest BCUT2D eigenvalue weighted by Crippen LogP contribution is -2.46. The molecule has 0 fully saturated rings. The largest absolute Gasteiger partial charge is 0.375 e. The van der Waals surface area contributed by atoms with E-state index in [2.05, 4.69) is 0 Å². The minimum atomic E-state index is -1.29. The van der Waals surface area contributed by atoms with Crippen LogP contribution in [0.2, 0.25) is 0 Å². The molecule has 0 heterocycles. The minimum Gasteiger partial charge on any atom is -0.375 e. The number of rotatable bonds is 5. The summed E-state index contributed by atoms with van der Waals surface area (Å²) in [5.41, 5.74) is 0.449. The Hall–Kier alpha value is -0.910. The molecule has 18 heavy (non-hydrogen) atoms. The summed E-state index contributed by atoms with van der Waals surface area (Å²) >= 11 is 6.06. The Balaban J connectivity index is 3.33. The highest BCUT2D eigenvalue weighted by Crippen LogP contribution is 2.45. The maximum absolute atomic E-state index is 12.2. The van der Waals surface area contributed by atoms with Crippen LogP contribution in [0.15, 0.2) is 10.7 Å².